The van der Waals surface area contributed by atoms with Crippen LogP contribution in [0, 0.1) is 5.92 Å². The monoisotopic (exact) mass is 295 g/mol. The number of carbonyl (C=O) groups excluding carboxylic acids is 1. The van der Waals surface area contributed by atoms with Gasteiger partial charge in [-0.25, -0.2) is 0 Å². The van der Waals surface area contributed by atoms with E-state index in [-0.39, 0.29) is 12.3 Å². The highest BCUT2D eigenvalue weighted by Crippen LogP contribution is 2.38. The van der Waals surface area contributed by atoms with Crippen molar-refractivity contribution < 1.29 is 19.0 Å². The number of hydrogen-bond donors (Lipinski definition) is 1. The van der Waals surface area contributed by atoms with E-state index in [2.05, 4.69) is 19.2 Å². The van der Waals surface area contributed by atoms with E-state index < -0.39 is 0 Å². The first kappa shape index (κ1) is 17.1. The topological polar surface area (TPSA) is 56.8 Å². The van der Waals surface area contributed by atoms with E-state index in [1.54, 1.807) is 33.5 Å². The minimum absolute atomic E-state index is 0.00933. The van der Waals surface area contributed by atoms with Crippen LogP contribution in [0.1, 0.15) is 25.8 Å². The molecule has 0 aromatic heterocycles. The molecule has 1 N–H and O–H groups in total. The predicted octanol–water partition coefficient (Wildman–Crippen LogP) is 2.42. The summed E-state index contributed by atoms with van der Waals surface area (Å²) in [5.41, 5.74) is 0.826. The predicted molar refractivity (Wildman–Crippen MR) is 82.3 cm³/mol. The Bertz CT molecular complexity index is 446. The van der Waals surface area contributed by atoms with E-state index in [1.165, 1.54) is 0 Å². The quantitative estimate of drug-likeness (QED) is 0.800. The van der Waals surface area contributed by atoms with E-state index in [1.807, 2.05) is 0 Å². The van der Waals surface area contributed by atoms with Gasteiger partial charge in [-0.2, -0.15) is 0 Å². The second-order valence-electron chi connectivity index (χ2n) is 5.24. The van der Waals surface area contributed by atoms with E-state index in [0.717, 1.165) is 12.0 Å². The van der Waals surface area contributed by atoms with Gasteiger partial charge in [-0.15, -0.1) is 0 Å². The fourth-order valence-corrected chi connectivity index (χ4v) is 1.99. The average Bonchev–Trinajstić information content (AvgIpc) is 2.45. The molecule has 0 radical (unpaired) electrons. The third-order valence-electron chi connectivity index (χ3n) is 3.13. The number of benzene rings is 1. The minimum atomic E-state index is -0.00933. The van der Waals surface area contributed by atoms with Gasteiger partial charge in [0.15, 0.2) is 11.5 Å². The van der Waals surface area contributed by atoms with Gasteiger partial charge in [-0.3, -0.25) is 4.79 Å². The lowest BCUT2D eigenvalue weighted by molar-refractivity contribution is -0.120. The lowest BCUT2D eigenvalue weighted by Gasteiger charge is -2.14. The van der Waals surface area contributed by atoms with Crippen molar-refractivity contribution in [2.75, 3.05) is 27.9 Å². The molecule has 0 heterocycles. The van der Waals surface area contributed by atoms with Crippen LogP contribution in [0.25, 0.3) is 0 Å². The lowest BCUT2D eigenvalue weighted by atomic mass is 10.1. The molecule has 1 amide bonds. The van der Waals surface area contributed by atoms with Crippen molar-refractivity contribution in [3.8, 4) is 17.2 Å². The van der Waals surface area contributed by atoms with E-state index in [9.17, 15) is 4.79 Å². The summed E-state index contributed by atoms with van der Waals surface area (Å²) >= 11 is 0. The standard InChI is InChI=1S/C16H25NO4/c1-11(2)6-7-17-15(18)10-12-8-13(19-3)16(21-5)14(9-12)20-4/h8-9,11H,6-7,10H2,1-5H3,(H,17,18). The fraction of sp³-hybridized carbons (Fsp3) is 0.562. The summed E-state index contributed by atoms with van der Waals surface area (Å²) in [4.78, 5) is 11.9. The van der Waals surface area contributed by atoms with Crippen LogP contribution in [0.2, 0.25) is 0 Å². The summed E-state index contributed by atoms with van der Waals surface area (Å²) in [6.07, 6.45) is 1.26. The van der Waals surface area contributed by atoms with Crippen molar-refractivity contribution >= 4 is 5.91 Å². The average molecular weight is 295 g/mol. The van der Waals surface area contributed by atoms with Crippen molar-refractivity contribution in [2.45, 2.75) is 26.7 Å². The molecule has 1 aromatic carbocycles. The summed E-state index contributed by atoms with van der Waals surface area (Å²) in [5, 5.41) is 2.91. The molecule has 0 fully saturated rings. The molecule has 118 valence electrons. The maximum Gasteiger partial charge on any atom is 0.224 e. The zero-order valence-corrected chi connectivity index (χ0v) is 13.5. The first-order valence-corrected chi connectivity index (χ1v) is 7.07. The molecule has 1 aromatic rings. The van der Waals surface area contributed by atoms with Crippen molar-refractivity contribution in [1.29, 1.82) is 0 Å². The first-order chi connectivity index (χ1) is 10.0. The van der Waals surface area contributed by atoms with Gasteiger partial charge in [-0.05, 0) is 30.0 Å². The van der Waals surface area contributed by atoms with Crippen molar-refractivity contribution in [3.05, 3.63) is 17.7 Å². The molecule has 1 rings (SSSR count). The molecule has 0 bridgehead atoms. The Morgan fingerprint density at radius 1 is 1.10 bits per heavy atom. The maximum atomic E-state index is 11.9. The van der Waals surface area contributed by atoms with Crippen LogP contribution in [0.4, 0.5) is 0 Å². The number of nitrogens with one attached hydrogen (secondary N) is 1. The summed E-state index contributed by atoms with van der Waals surface area (Å²) in [6.45, 7) is 4.96. The second-order valence-corrected chi connectivity index (χ2v) is 5.24. The van der Waals surface area contributed by atoms with E-state index in [0.29, 0.717) is 29.7 Å². The van der Waals surface area contributed by atoms with E-state index >= 15 is 0 Å². The van der Waals surface area contributed by atoms with Crippen LogP contribution >= 0.6 is 0 Å². The van der Waals surface area contributed by atoms with Crippen LogP contribution in [0.15, 0.2) is 12.1 Å². The number of rotatable bonds is 8. The SMILES string of the molecule is COc1cc(CC(=O)NCCC(C)C)cc(OC)c1OC. The van der Waals surface area contributed by atoms with Gasteiger partial charge in [0.25, 0.3) is 0 Å². The number of carbonyl (C=O) groups is 1. The Hall–Kier alpha value is -1.91. The van der Waals surface area contributed by atoms with Gasteiger partial charge in [0.2, 0.25) is 11.7 Å². The molecule has 0 saturated heterocycles. The fourth-order valence-electron chi connectivity index (χ4n) is 1.99. The highest BCUT2D eigenvalue weighted by Gasteiger charge is 2.14. The third-order valence-corrected chi connectivity index (χ3v) is 3.13. The van der Waals surface area contributed by atoms with Gasteiger partial charge < -0.3 is 19.5 Å². The van der Waals surface area contributed by atoms with Crippen LogP contribution < -0.4 is 19.5 Å². The number of hydrogen-bond acceptors (Lipinski definition) is 4. The molecule has 0 saturated carbocycles. The summed E-state index contributed by atoms with van der Waals surface area (Å²) < 4.78 is 15.8. The van der Waals surface area contributed by atoms with Gasteiger partial charge in [0.05, 0.1) is 27.8 Å². The highest BCUT2D eigenvalue weighted by molar-refractivity contribution is 5.79. The van der Waals surface area contributed by atoms with Crippen molar-refractivity contribution in [1.82, 2.24) is 5.32 Å². The van der Waals surface area contributed by atoms with Crippen molar-refractivity contribution in [3.63, 3.8) is 0 Å². The van der Waals surface area contributed by atoms with Gasteiger partial charge in [0, 0.05) is 6.54 Å². The smallest absolute Gasteiger partial charge is 0.224 e. The zero-order chi connectivity index (χ0) is 15.8. The Morgan fingerprint density at radius 2 is 1.67 bits per heavy atom. The first-order valence-electron chi connectivity index (χ1n) is 7.07. The molecule has 0 aliphatic rings. The number of methoxy groups -OCH3 is 3. The highest BCUT2D eigenvalue weighted by atomic mass is 16.5. The summed E-state index contributed by atoms with van der Waals surface area (Å²) in [6, 6.07) is 3.59. The van der Waals surface area contributed by atoms with Gasteiger partial charge in [-0.1, -0.05) is 13.8 Å². The molecule has 5 nitrogen and oxygen atoms in total. The zero-order valence-electron chi connectivity index (χ0n) is 13.5. The summed E-state index contributed by atoms with van der Waals surface area (Å²) in [7, 11) is 4.67. The maximum absolute atomic E-state index is 11.9. The third kappa shape index (κ3) is 5.17. The van der Waals surface area contributed by atoms with Crippen molar-refractivity contribution in [2.24, 2.45) is 5.92 Å². The second kappa shape index (κ2) is 8.39. The number of amides is 1. The van der Waals surface area contributed by atoms with Gasteiger partial charge >= 0.3 is 0 Å². The number of ether oxygens (including phenoxy) is 3. The molecule has 5 heteroatoms. The molecule has 0 aliphatic heterocycles. The Balaban J connectivity index is 2.77. The molecular weight excluding hydrogens is 270 g/mol. The van der Waals surface area contributed by atoms with Crippen LogP contribution in [-0.2, 0) is 11.2 Å². The summed E-state index contributed by atoms with van der Waals surface area (Å²) in [5.74, 6) is 2.21. The van der Waals surface area contributed by atoms with Crippen LogP contribution in [0.5, 0.6) is 17.2 Å². The van der Waals surface area contributed by atoms with Gasteiger partial charge in [0.1, 0.15) is 0 Å². The lowest BCUT2D eigenvalue weighted by Crippen LogP contribution is -2.26. The Morgan fingerprint density at radius 3 is 2.10 bits per heavy atom. The molecular formula is C16H25NO4. The van der Waals surface area contributed by atoms with Crippen LogP contribution in [0.3, 0.4) is 0 Å². The van der Waals surface area contributed by atoms with E-state index in [4.69, 9.17) is 14.2 Å². The molecule has 21 heavy (non-hydrogen) atoms. The molecule has 0 unspecified atom stereocenters. The Labute approximate surface area is 126 Å². The molecule has 0 aliphatic carbocycles. The largest absolute Gasteiger partial charge is 0.493 e. The van der Waals surface area contributed by atoms with Crippen LogP contribution in [-0.4, -0.2) is 33.8 Å². The molecule has 0 atom stereocenters. The molecule has 0 spiro atoms. The Kier molecular flexibility index (Phi) is 6.85. The normalized spacial score (nSPS) is 10.4. The minimum Gasteiger partial charge on any atom is -0.493 e.